The summed E-state index contributed by atoms with van der Waals surface area (Å²) in [4.78, 5) is 22.8. The molecule has 4 rings (SSSR count). The number of imide groups is 1. The third kappa shape index (κ3) is 5.83. The maximum absolute atomic E-state index is 14.0. The van der Waals surface area contributed by atoms with Crippen molar-refractivity contribution in [3.05, 3.63) is 24.0 Å². The number of rotatable bonds is 12. The number of hydrogen-bond donors (Lipinski definition) is 2. The summed E-state index contributed by atoms with van der Waals surface area (Å²) in [6.45, 7) is 0.411. The Hall–Kier alpha value is -2.00. The number of amides is 2. The Morgan fingerprint density at radius 1 is 1.16 bits per heavy atom. The molecule has 1 aliphatic heterocycles. The van der Waals surface area contributed by atoms with Crippen LogP contribution < -0.4 is 14.8 Å². The number of carbonyl (C=O) groups is 2. The van der Waals surface area contributed by atoms with Crippen molar-refractivity contribution >= 4 is 21.8 Å². The van der Waals surface area contributed by atoms with Gasteiger partial charge in [-0.2, -0.15) is 0 Å². The van der Waals surface area contributed by atoms with E-state index in [1.54, 1.807) is 0 Å². The number of ether oxygens (including phenoxy) is 1. The maximum atomic E-state index is 14.0. The van der Waals surface area contributed by atoms with E-state index in [9.17, 15) is 22.4 Å². The van der Waals surface area contributed by atoms with Gasteiger partial charge in [-0.3, -0.25) is 14.9 Å². The summed E-state index contributed by atoms with van der Waals surface area (Å²) in [5.74, 6) is -0.751. The van der Waals surface area contributed by atoms with E-state index in [-0.39, 0.29) is 34.8 Å². The Kier molecular flexibility index (Phi) is 6.35. The van der Waals surface area contributed by atoms with E-state index in [2.05, 4.69) is 10.0 Å². The van der Waals surface area contributed by atoms with Crippen LogP contribution in [0.3, 0.4) is 0 Å². The molecule has 0 radical (unpaired) electrons. The molecule has 170 valence electrons. The molecular weight excluding hydrogens is 423 g/mol. The zero-order chi connectivity index (χ0) is 22.1. The van der Waals surface area contributed by atoms with Gasteiger partial charge in [0.05, 0.1) is 11.5 Å². The van der Waals surface area contributed by atoms with Crippen LogP contribution in [0.25, 0.3) is 0 Å². The summed E-state index contributed by atoms with van der Waals surface area (Å²) in [6.07, 6.45) is 7.88. The summed E-state index contributed by atoms with van der Waals surface area (Å²) in [5, 5.41) is 2.32. The van der Waals surface area contributed by atoms with Crippen molar-refractivity contribution in [2.75, 3.05) is 6.61 Å². The number of hydrogen-bond acceptors (Lipinski definition) is 5. The van der Waals surface area contributed by atoms with Crippen molar-refractivity contribution in [3.8, 4) is 5.75 Å². The minimum Gasteiger partial charge on any atom is -0.490 e. The van der Waals surface area contributed by atoms with Gasteiger partial charge in [0.2, 0.25) is 21.8 Å². The summed E-state index contributed by atoms with van der Waals surface area (Å²) in [6, 6.07) is 3.68. The molecule has 3 aliphatic rings. The lowest BCUT2D eigenvalue weighted by Gasteiger charge is -2.18. The van der Waals surface area contributed by atoms with Crippen molar-refractivity contribution in [1.29, 1.82) is 0 Å². The second kappa shape index (κ2) is 8.86. The van der Waals surface area contributed by atoms with E-state index in [1.807, 2.05) is 0 Å². The first-order valence-electron chi connectivity index (χ1n) is 11.1. The van der Waals surface area contributed by atoms with Crippen molar-refractivity contribution in [2.45, 2.75) is 74.6 Å². The Labute approximate surface area is 182 Å². The minimum absolute atomic E-state index is 0.0166. The van der Waals surface area contributed by atoms with Crippen LogP contribution in [0.2, 0.25) is 0 Å². The molecular formula is C22H29FN2O5S. The minimum atomic E-state index is -3.77. The monoisotopic (exact) mass is 452 g/mol. The molecule has 1 aromatic rings. The highest BCUT2D eigenvalue weighted by Crippen LogP contribution is 2.42. The van der Waals surface area contributed by atoms with Gasteiger partial charge in [0.25, 0.3) is 0 Å². The molecule has 1 heterocycles. The number of sulfonamides is 1. The van der Waals surface area contributed by atoms with Gasteiger partial charge in [-0.05, 0) is 56.6 Å². The molecule has 0 spiro atoms. The van der Waals surface area contributed by atoms with E-state index in [0.29, 0.717) is 25.4 Å². The van der Waals surface area contributed by atoms with Crippen LogP contribution in [0.4, 0.5) is 4.39 Å². The predicted octanol–water partition coefficient (Wildman–Crippen LogP) is 3.04. The number of unbranched alkanes of at least 4 members (excludes halogenated alkanes) is 2. The second-order valence-corrected chi connectivity index (χ2v) is 10.8. The molecule has 1 atom stereocenters. The molecule has 3 fully saturated rings. The van der Waals surface area contributed by atoms with E-state index < -0.39 is 21.4 Å². The number of carbonyl (C=O) groups excluding carboxylic acids is 2. The molecule has 7 nitrogen and oxygen atoms in total. The predicted molar refractivity (Wildman–Crippen MR) is 111 cm³/mol. The van der Waals surface area contributed by atoms with Crippen LogP contribution in [0.1, 0.15) is 64.2 Å². The molecule has 2 amide bonds. The van der Waals surface area contributed by atoms with E-state index in [1.165, 1.54) is 12.1 Å². The van der Waals surface area contributed by atoms with Crippen LogP contribution in [-0.4, -0.2) is 32.4 Å². The van der Waals surface area contributed by atoms with Gasteiger partial charge in [0.15, 0.2) is 11.6 Å². The molecule has 1 saturated heterocycles. The zero-order valence-corrected chi connectivity index (χ0v) is 18.3. The van der Waals surface area contributed by atoms with Gasteiger partial charge >= 0.3 is 0 Å². The van der Waals surface area contributed by atoms with E-state index in [4.69, 9.17) is 4.74 Å². The molecule has 2 N–H and O–H groups in total. The van der Waals surface area contributed by atoms with Gasteiger partial charge < -0.3 is 4.74 Å². The first-order chi connectivity index (χ1) is 14.8. The Morgan fingerprint density at radius 3 is 2.58 bits per heavy atom. The normalized spacial score (nSPS) is 22.4. The van der Waals surface area contributed by atoms with Crippen molar-refractivity contribution in [3.63, 3.8) is 0 Å². The van der Waals surface area contributed by atoms with Gasteiger partial charge in [-0.15, -0.1) is 0 Å². The summed E-state index contributed by atoms with van der Waals surface area (Å²) in [7, 11) is -3.77. The fraction of sp³-hybridized carbons (Fsp3) is 0.636. The first kappa shape index (κ1) is 22.2. The highest BCUT2D eigenvalue weighted by molar-refractivity contribution is 7.89. The second-order valence-electron chi connectivity index (χ2n) is 9.15. The molecule has 2 saturated carbocycles. The summed E-state index contributed by atoms with van der Waals surface area (Å²) < 4.78 is 48.0. The van der Waals surface area contributed by atoms with E-state index in [0.717, 1.165) is 51.0 Å². The van der Waals surface area contributed by atoms with Crippen LogP contribution >= 0.6 is 0 Å². The third-order valence-electron chi connectivity index (χ3n) is 6.36. The quantitative estimate of drug-likeness (QED) is 0.375. The molecule has 2 aliphatic carbocycles. The van der Waals surface area contributed by atoms with Gasteiger partial charge in [0, 0.05) is 23.9 Å². The third-order valence-corrected chi connectivity index (χ3v) is 7.94. The standard InChI is InChI=1S/C22H29FN2O5S/c23-18-8-7-17(13-19(18)30-14-15-5-6-15)31(28,29)25-22(10-11-22)9-3-1-2-4-16-12-20(26)24-21(16)27/h7-8,13,15-16,25H,1-6,9-12,14H2,(H,24,26,27). The van der Waals surface area contributed by atoms with E-state index >= 15 is 0 Å². The SMILES string of the molecule is O=C1CC(CCCCCC2(NS(=O)(=O)c3ccc(F)c(OCC4CC4)c3)CC2)C(=O)N1. The average Bonchev–Trinajstić information content (AvgIpc) is 3.63. The van der Waals surface area contributed by atoms with Crippen LogP contribution in [0.5, 0.6) is 5.75 Å². The lowest BCUT2D eigenvalue weighted by atomic mass is 9.98. The van der Waals surface area contributed by atoms with Gasteiger partial charge in [-0.1, -0.05) is 19.3 Å². The lowest BCUT2D eigenvalue weighted by molar-refractivity contribution is -0.125. The van der Waals surface area contributed by atoms with Crippen molar-refractivity contribution in [2.24, 2.45) is 11.8 Å². The Bertz CT molecular complexity index is 957. The van der Waals surface area contributed by atoms with Gasteiger partial charge in [-0.25, -0.2) is 17.5 Å². The first-order valence-corrected chi connectivity index (χ1v) is 12.5. The maximum Gasteiger partial charge on any atom is 0.241 e. The molecule has 31 heavy (non-hydrogen) atoms. The van der Waals surface area contributed by atoms with Crippen LogP contribution in [0, 0.1) is 17.7 Å². The van der Waals surface area contributed by atoms with Gasteiger partial charge in [0.1, 0.15) is 0 Å². The Morgan fingerprint density at radius 2 is 1.94 bits per heavy atom. The van der Waals surface area contributed by atoms with Crippen molar-refractivity contribution < 1.29 is 27.1 Å². The Balaban J connectivity index is 1.26. The molecule has 9 heteroatoms. The number of halogens is 1. The fourth-order valence-electron chi connectivity index (χ4n) is 4.02. The molecule has 0 aromatic heterocycles. The smallest absolute Gasteiger partial charge is 0.241 e. The summed E-state index contributed by atoms with van der Waals surface area (Å²) in [5.41, 5.74) is -0.442. The van der Waals surface area contributed by atoms with Crippen LogP contribution in [0.15, 0.2) is 23.1 Å². The topological polar surface area (TPSA) is 102 Å². The zero-order valence-electron chi connectivity index (χ0n) is 17.5. The average molecular weight is 453 g/mol. The van der Waals surface area contributed by atoms with Crippen molar-refractivity contribution in [1.82, 2.24) is 10.0 Å². The molecule has 0 bridgehead atoms. The van der Waals surface area contributed by atoms with Crippen LogP contribution in [-0.2, 0) is 19.6 Å². The highest BCUT2D eigenvalue weighted by Gasteiger charge is 2.45. The largest absolute Gasteiger partial charge is 0.490 e. The summed E-state index contributed by atoms with van der Waals surface area (Å²) >= 11 is 0. The molecule has 1 aromatic carbocycles. The number of benzene rings is 1. The molecule has 1 unspecified atom stereocenters. The number of nitrogens with one attached hydrogen (secondary N) is 2. The highest BCUT2D eigenvalue weighted by atomic mass is 32.2. The lowest BCUT2D eigenvalue weighted by Crippen LogP contribution is -2.36. The fourth-order valence-corrected chi connectivity index (χ4v) is 5.53.